The third-order valence-corrected chi connectivity index (χ3v) is 5.69. The third-order valence-electron chi connectivity index (χ3n) is 5.44. The number of nitrogens with zero attached hydrogens (tertiary/aromatic N) is 3. The van der Waals surface area contributed by atoms with Gasteiger partial charge in [0.2, 0.25) is 5.78 Å². The van der Waals surface area contributed by atoms with E-state index in [4.69, 9.17) is 16.3 Å². The number of carbonyl (C=O) groups is 2. The highest BCUT2D eigenvalue weighted by molar-refractivity contribution is 6.30. The molecule has 0 aliphatic heterocycles. The number of ether oxygens (including phenoxy) is 1. The lowest BCUT2D eigenvalue weighted by molar-refractivity contribution is -0.135. The number of hydrogen-bond acceptors (Lipinski definition) is 5. The fraction of sp³-hybridized carbons (Fsp3) is 0.462. The van der Waals surface area contributed by atoms with Crippen molar-refractivity contribution >= 4 is 29.3 Å². The minimum atomic E-state index is -4.31. The number of halogens is 4. The number of rotatable bonds is 10. The second-order valence-corrected chi connectivity index (χ2v) is 10.4. The second kappa shape index (κ2) is 12.0. The minimum absolute atomic E-state index is 0.0403. The molecule has 0 saturated heterocycles. The second-order valence-electron chi connectivity index (χ2n) is 9.92. The maximum absolute atomic E-state index is 13.2. The van der Waals surface area contributed by atoms with Gasteiger partial charge in [-0.25, -0.2) is 9.78 Å². The van der Waals surface area contributed by atoms with E-state index >= 15 is 0 Å². The molecule has 0 saturated carbocycles. The Hall–Kier alpha value is -3.34. The molecule has 8 nitrogen and oxygen atoms in total. The van der Waals surface area contributed by atoms with Gasteiger partial charge in [-0.3, -0.25) is 14.0 Å². The van der Waals surface area contributed by atoms with E-state index in [1.165, 1.54) is 21.4 Å². The van der Waals surface area contributed by atoms with Crippen LogP contribution in [-0.4, -0.2) is 44.2 Å². The molecular weight excluding hydrogens is 525 g/mol. The van der Waals surface area contributed by atoms with Gasteiger partial charge in [0.1, 0.15) is 11.4 Å². The van der Waals surface area contributed by atoms with Crippen LogP contribution in [0.2, 0.25) is 5.02 Å². The van der Waals surface area contributed by atoms with Gasteiger partial charge in [-0.2, -0.15) is 13.2 Å². The van der Waals surface area contributed by atoms with Crippen LogP contribution in [0.15, 0.2) is 41.5 Å². The van der Waals surface area contributed by atoms with Crippen molar-refractivity contribution in [2.24, 2.45) is 0 Å². The van der Waals surface area contributed by atoms with E-state index in [9.17, 15) is 27.6 Å². The fourth-order valence-electron chi connectivity index (χ4n) is 3.76. The van der Waals surface area contributed by atoms with E-state index in [1.54, 1.807) is 45.0 Å². The Morgan fingerprint density at radius 1 is 1.08 bits per heavy atom. The van der Waals surface area contributed by atoms with Gasteiger partial charge in [0.05, 0.1) is 5.69 Å². The smallest absolute Gasteiger partial charge is 0.407 e. The Morgan fingerprint density at radius 3 is 2.39 bits per heavy atom. The van der Waals surface area contributed by atoms with Crippen molar-refractivity contribution in [2.45, 2.75) is 71.2 Å². The summed E-state index contributed by atoms with van der Waals surface area (Å²) in [7, 11) is 0. The summed E-state index contributed by atoms with van der Waals surface area (Å²) in [5.74, 6) is -0.0628. The average molecular weight is 555 g/mol. The van der Waals surface area contributed by atoms with Crippen molar-refractivity contribution in [3.05, 3.63) is 57.6 Å². The molecule has 0 radical (unpaired) electrons. The number of hydrogen-bond donors (Lipinski definition) is 1. The quantitative estimate of drug-likeness (QED) is 0.330. The lowest BCUT2D eigenvalue weighted by Crippen LogP contribution is -2.33. The topological polar surface area (TPSA) is 94.7 Å². The Kier molecular flexibility index (Phi) is 9.24. The molecule has 0 spiro atoms. The predicted molar refractivity (Wildman–Crippen MR) is 137 cm³/mol. The Balaban J connectivity index is 1.78. The molecule has 206 valence electrons. The van der Waals surface area contributed by atoms with Gasteiger partial charge in [0, 0.05) is 60.9 Å². The van der Waals surface area contributed by atoms with Crippen LogP contribution < -0.4 is 10.9 Å². The van der Waals surface area contributed by atoms with Crippen molar-refractivity contribution in [3.63, 3.8) is 0 Å². The molecule has 0 bridgehead atoms. The molecule has 1 amide bonds. The van der Waals surface area contributed by atoms with Crippen LogP contribution in [0, 0.1) is 0 Å². The molecule has 0 aliphatic rings. The molecule has 0 unspecified atom stereocenters. The maximum atomic E-state index is 13.2. The molecular formula is C26H30ClF3N4O4. The summed E-state index contributed by atoms with van der Waals surface area (Å²) in [5.41, 5.74) is 0.156. The van der Waals surface area contributed by atoms with Crippen LogP contribution in [0.4, 0.5) is 18.0 Å². The van der Waals surface area contributed by atoms with E-state index in [1.807, 2.05) is 0 Å². The number of fused-ring (bicyclic) bond motifs is 1. The van der Waals surface area contributed by atoms with Crippen LogP contribution in [0.25, 0.3) is 17.0 Å². The van der Waals surface area contributed by atoms with Gasteiger partial charge in [0.25, 0.3) is 5.56 Å². The van der Waals surface area contributed by atoms with Gasteiger partial charge in [-0.05, 0) is 45.7 Å². The first kappa shape index (κ1) is 29.2. The minimum Gasteiger partial charge on any atom is -0.444 e. The summed E-state index contributed by atoms with van der Waals surface area (Å²) >= 11 is 5.95. The highest BCUT2D eigenvalue weighted by Gasteiger charge is 2.26. The van der Waals surface area contributed by atoms with E-state index in [0.717, 1.165) is 0 Å². The summed E-state index contributed by atoms with van der Waals surface area (Å²) in [6.45, 7) is 5.39. The van der Waals surface area contributed by atoms with Crippen molar-refractivity contribution in [2.75, 3.05) is 6.54 Å². The van der Waals surface area contributed by atoms with Gasteiger partial charge in [-0.15, -0.1) is 0 Å². The van der Waals surface area contributed by atoms with E-state index in [2.05, 4.69) is 10.3 Å². The highest BCUT2D eigenvalue weighted by atomic mass is 35.5. The van der Waals surface area contributed by atoms with Gasteiger partial charge < -0.3 is 14.6 Å². The Labute approximate surface area is 222 Å². The first-order chi connectivity index (χ1) is 17.7. The van der Waals surface area contributed by atoms with E-state index in [-0.39, 0.29) is 49.5 Å². The molecule has 3 aromatic rings. The molecule has 1 aromatic carbocycles. The van der Waals surface area contributed by atoms with Crippen LogP contribution in [0.1, 0.15) is 52.0 Å². The molecule has 2 aromatic heterocycles. The third kappa shape index (κ3) is 8.61. The number of alkyl halides is 3. The maximum Gasteiger partial charge on any atom is 0.407 e. The van der Waals surface area contributed by atoms with Crippen LogP contribution >= 0.6 is 11.6 Å². The Morgan fingerprint density at radius 2 is 1.76 bits per heavy atom. The monoisotopic (exact) mass is 554 g/mol. The summed E-state index contributed by atoms with van der Waals surface area (Å²) in [4.78, 5) is 42.0. The lowest BCUT2D eigenvalue weighted by atomic mass is 10.1. The summed E-state index contributed by atoms with van der Waals surface area (Å²) in [5, 5.41) is 3.09. The van der Waals surface area contributed by atoms with E-state index < -0.39 is 29.9 Å². The zero-order chi connectivity index (χ0) is 28.1. The molecule has 0 aliphatic carbocycles. The number of alkyl carbamates (subject to hydrolysis) is 1. The van der Waals surface area contributed by atoms with Crippen LogP contribution in [0.5, 0.6) is 0 Å². The van der Waals surface area contributed by atoms with Gasteiger partial charge >= 0.3 is 12.3 Å². The number of imidazole rings is 1. The highest BCUT2D eigenvalue weighted by Crippen LogP contribution is 2.24. The largest absolute Gasteiger partial charge is 0.444 e. The molecule has 0 fully saturated rings. The van der Waals surface area contributed by atoms with Crippen molar-refractivity contribution in [1.82, 2.24) is 19.3 Å². The number of aromatic nitrogens is 3. The average Bonchev–Trinajstić information content (AvgIpc) is 3.24. The molecule has 38 heavy (non-hydrogen) atoms. The number of ketones is 1. The number of nitrogens with one attached hydrogen (secondary N) is 1. The van der Waals surface area contributed by atoms with Crippen LogP contribution in [0.3, 0.4) is 0 Å². The molecule has 3 rings (SSSR count). The standard InChI is InChI=1S/C26H30ClF3N4O4/c1-25(2,3)38-24(37)31-12-4-6-20(35)14-18-15-33(13-5-11-26(28,29)30)23-32-21(16-34(23)22(18)36)17-7-9-19(27)10-8-17/h7-10,15-16H,4-6,11-14H2,1-3H3,(H,31,37). The predicted octanol–water partition coefficient (Wildman–Crippen LogP) is 5.58. The number of Topliss-reactive ketones (excluding diaryl/α,β-unsaturated/α-hetero) is 1. The van der Waals surface area contributed by atoms with Crippen molar-refractivity contribution < 1.29 is 27.5 Å². The molecule has 1 N–H and O–H groups in total. The normalized spacial score (nSPS) is 12.1. The van der Waals surface area contributed by atoms with Crippen molar-refractivity contribution in [3.8, 4) is 11.3 Å². The summed E-state index contributed by atoms with van der Waals surface area (Å²) in [6, 6.07) is 6.77. The van der Waals surface area contributed by atoms with Gasteiger partial charge in [-0.1, -0.05) is 23.7 Å². The first-order valence-electron chi connectivity index (χ1n) is 12.1. The Bertz CT molecular complexity index is 1340. The summed E-state index contributed by atoms with van der Waals surface area (Å²) in [6.07, 6.45) is -2.96. The SMILES string of the molecule is CC(C)(C)OC(=O)NCCCC(=O)Cc1cn(CCCC(F)(F)F)c2nc(-c3ccc(Cl)cc3)cn2c1=O. The number of aryl methyl sites for hydroxylation is 1. The van der Waals surface area contributed by atoms with Crippen molar-refractivity contribution in [1.29, 1.82) is 0 Å². The zero-order valence-corrected chi connectivity index (χ0v) is 22.2. The summed E-state index contributed by atoms with van der Waals surface area (Å²) < 4.78 is 46.1. The lowest BCUT2D eigenvalue weighted by Gasteiger charge is -2.19. The molecule has 0 atom stereocenters. The van der Waals surface area contributed by atoms with Gasteiger partial charge in [0.15, 0.2) is 0 Å². The number of amides is 1. The number of benzene rings is 1. The zero-order valence-electron chi connectivity index (χ0n) is 21.4. The molecule has 2 heterocycles. The first-order valence-corrected chi connectivity index (χ1v) is 12.5. The number of carbonyl (C=O) groups excluding carboxylic acids is 2. The van der Waals surface area contributed by atoms with E-state index in [0.29, 0.717) is 22.7 Å². The fourth-order valence-corrected chi connectivity index (χ4v) is 3.89. The molecule has 12 heteroatoms. The van der Waals surface area contributed by atoms with Crippen LogP contribution in [-0.2, 0) is 22.5 Å².